The molecule has 0 radical (unpaired) electrons. The molecule has 2 aromatic carbocycles. The van der Waals surface area contributed by atoms with E-state index >= 15 is 0 Å². The lowest BCUT2D eigenvalue weighted by Gasteiger charge is -2.18. The number of carbonyl (C=O) groups excluding carboxylic acids is 2. The third kappa shape index (κ3) is 4.23. The van der Waals surface area contributed by atoms with E-state index in [9.17, 15) is 9.59 Å². The molecule has 1 amide bonds. The molecule has 23 heavy (non-hydrogen) atoms. The van der Waals surface area contributed by atoms with Gasteiger partial charge in [-0.15, -0.1) is 0 Å². The van der Waals surface area contributed by atoms with Gasteiger partial charge in [0, 0.05) is 18.4 Å². The molecule has 0 saturated heterocycles. The van der Waals surface area contributed by atoms with Crippen molar-refractivity contribution >= 4 is 34.9 Å². The fraction of sp³-hybridized carbons (Fsp3) is 0.176. The first-order valence-electron chi connectivity index (χ1n) is 6.96. The van der Waals surface area contributed by atoms with E-state index < -0.39 is 5.97 Å². The predicted octanol–water partition coefficient (Wildman–Crippen LogP) is 3.20. The van der Waals surface area contributed by atoms with Gasteiger partial charge < -0.3 is 15.0 Å². The number of anilines is 2. The number of rotatable bonds is 5. The van der Waals surface area contributed by atoms with Crippen molar-refractivity contribution in [3.05, 3.63) is 59.1 Å². The summed E-state index contributed by atoms with van der Waals surface area (Å²) in [5.74, 6) is -0.628. The highest BCUT2D eigenvalue weighted by atomic mass is 35.5. The molecule has 1 N–H and O–H groups in total. The number of nitrogens with one attached hydrogen (secondary N) is 1. The lowest BCUT2D eigenvalue weighted by atomic mass is 10.2. The Balaban J connectivity index is 2.03. The minimum absolute atomic E-state index is 0.0909. The fourth-order valence-electron chi connectivity index (χ4n) is 1.99. The van der Waals surface area contributed by atoms with Gasteiger partial charge in [0.25, 0.3) is 0 Å². The van der Waals surface area contributed by atoms with Gasteiger partial charge in [0.2, 0.25) is 5.91 Å². The van der Waals surface area contributed by atoms with Gasteiger partial charge in [0.05, 0.1) is 24.2 Å². The average molecular weight is 333 g/mol. The lowest BCUT2D eigenvalue weighted by Crippen LogP contribution is -2.32. The number of esters is 1. The molecule has 5 nitrogen and oxygen atoms in total. The second-order valence-corrected chi connectivity index (χ2v) is 5.24. The number of nitrogens with zero attached hydrogens (tertiary/aromatic N) is 1. The van der Waals surface area contributed by atoms with Crippen molar-refractivity contribution < 1.29 is 14.3 Å². The van der Waals surface area contributed by atoms with E-state index in [1.165, 1.54) is 7.11 Å². The van der Waals surface area contributed by atoms with E-state index in [0.29, 0.717) is 10.7 Å². The van der Waals surface area contributed by atoms with Crippen molar-refractivity contribution in [2.45, 2.75) is 0 Å². The molecule has 0 aliphatic heterocycles. The van der Waals surface area contributed by atoms with Crippen LogP contribution < -0.4 is 10.2 Å². The normalized spacial score (nSPS) is 10.0. The molecule has 0 unspecified atom stereocenters. The zero-order valence-electron chi connectivity index (χ0n) is 12.9. The first-order valence-corrected chi connectivity index (χ1v) is 7.34. The van der Waals surface area contributed by atoms with Crippen LogP contribution in [0, 0.1) is 0 Å². The highest BCUT2D eigenvalue weighted by Crippen LogP contribution is 2.21. The third-order valence-electron chi connectivity index (χ3n) is 3.33. The number of likely N-dealkylation sites (N-methyl/N-ethyl adjacent to an activating group) is 1. The van der Waals surface area contributed by atoms with Gasteiger partial charge in [0.15, 0.2) is 0 Å². The molecular weight excluding hydrogens is 316 g/mol. The molecule has 0 aliphatic carbocycles. The summed E-state index contributed by atoms with van der Waals surface area (Å²) < 4.78 is 4.67. The smallest absolute Gasteiger partial charge is 0.339 e. The van der Waals surface area contributed by atoms with Gasteiger partial charge >= 0.3 is 5.97 Å². The maximum Gasteiger partial charge on any atom is 0.339 e. The minimum Gasteiger partial charge on any atom is -0.465 e. The molecule has 0 atom stereocenters. The maximum absolute atomic E-state index is 12.2. The molecule has 0 bridgehead atoms. The second kappa shape index (κ2) is 7.65. The summed E-state index contributed by atoms with van der Waals surface area (Å²) in [5, 5.41) is 3.29. The quantitative estimate of drug-likeness (QED) is 0.854. The molecule has 0 aliphatic rings. The van der Waals surface area contributed by atoms with Gasteiger partial charge in [0.1, 0.15) is 0 Å². The van der Waals surface area contributed by atoms with E-state index in [1.807, 2.05) is 30.3 Å². The molecule has 0 spiro atoms. The molecule has 2 rings (SSSR count). The summed E-state index contributed by atoms with van der Waals surface area (Å²) in [6, 6.07) is 14.2. The molecule has 120 valence electrons. The van der Waals surface area contributed by atoms with Crippen LogP contribution in [0.5, 0.6) is 0 Å². The number of hydrogen-bond donors (Lipinski definition) is 1. The van der Waals surface area contributed by atoms with E-state index in [-0.39, 0.29) is 18.0 Å². The van der Waals surface area contributed by atoms with Crippen molar-refractivity contribution in [1.82, 2.24) is 0 Å². The van der Waals surface area contributed by atoms with Crippen LogP contribution >= 0.6 is 11.6 Å². The average Bonchev–Trinajstić information content (AvgIpc) is 2.60. The number of amides is 1. The van der Waals surface area contributed by atoms with Crippen molar-refractivity contribution in [2.75, 3.05) is 30.9 Å². The molecule has 0 aromatic heterocycles. The Morgan fingerprint density at radius 2 is 1.87 bits per heavy atom. The molecular formula is C17H17ClN2O3. The number of para-hydroxylation sites is 1. The zero-order valence-corrected chi connectivity index (χ0v) is 13.6. The van der Waals surface area contributed by atoms with Crippen LogP contribution in [0.3, 0.4) is 0 Å². The summed E-state index contributed by atoms with van der Waals surface area (Å²) in [5.41, 5.74) is 1.68. The SMILES string of the molecule is COC(=O)c1cc(NCC(=O)N(C)c2ccccc2)ccc1Cl. The van der Waals surface area contributed by atoms with Gasteiger partial charge in [-0.05, 0) is 30.3 Å². The Kier molecular flexibility index (Phi) is 5.60. The molecule has 0 heterocycles. The highest BCUT2D eigenvalue weighted by Gasteiger charge is 2.13. The maximum atomic E-state index is 12.2. The van der Waals surface area contributed by atoms with Crippen molar-refractivity contribution in [1.29, 1.82) is 0 Å². The fourth-order valence-corrected chi connectivity index (χ4v) is 2.19. The minimum atomic E-state index is -0.522. The van der Waals surface area contributed by atoms with Crippen LogP contribution in [0.2, 0.25) is 5.02 Å². The number of halogens is 1. The van der Waals surface area contributed by atoms with E-state index in [1.54, 1.807) is 30.1 Å². The van der Waals surface area contributed by atoms with Crippen LogP contribution in [0.25, 0.3) is 0 Å². The van der Waals surface area contributed by atoms with Crippen LogP contribution in [-0.4, -0.2) is 32.6 Å². The monoisotopic (exact) mass is 332 g/mol. The Hall–Kier alpha value is -2.53. The standard InChI is InChI=1S/C17H17ClN2O3/c1-20(13-6-4-3-5-7-13)16(21)11-19-12-8-9-15(18)14(10-12)17(22)23-2/h3-10,19H,11H2,1-2H3. The van der Waals surface area contributed by atoms with Crippen LogP contribution in [0.4, 0.5) is 11.4 Å². The number of carbonyl (C=O) groups is 2. The van der Waals surface area contributed by atoms with Crippen molar-refractivity contribution in [2.24, 2.45) is 0 Å². The number of ether oxygens (including phenoxy) is 1. The Bertz CT molecular complexity index is 704. The first-order chi connectivity index (χ1) is 11.0. The summed E-state index contributed by atoms with van der Waals surface area (Å²) in [6.45, 7) is 0.0909. The predicted molar refractivity (Wildman–Crippen MR) is 91.1 cm³/mol. The van der Waals surface area contributed by atoms with Gasteiger partial charge in [-0.25, -0.2) is 4.79 Å². The van der Waals surface area contributed by atoms with Crippen molar-refractivity contribution in [3.63, 3.8) is 0 Å². The third-order valence-corrected chi connectivity index (χ3v) is 3.66. The molecule has 0 saturated carbocycles. The van der Waals surface area contributed by atoms with E-state index in [0.717, 1.165) is 5.69 Å². The van der Waals surface area contributed by atoms with Gasteiger partial charge in [-0.1, -0.05) is 29.8 Å². The summed E-state index contributed by atoms with van der Waals surface area (Å²) in [6.07, 6.45) is 0. The number of hydrogen-bond acceptors (Lipinski definition) is 4. The molecule has 0 fully saturated rings. The largest absolute Gasteiger partial charge is 0.465 e. The molecule has 6 heteroatoms. The first kappa shape index (κ1) is 16.8. The second-order valence-electron chi connectivity index (χ2n) is 4.83. The summed E-state index contributed by atoms with van der Waals surface area (Å²) >= 11 is 5.96. The van der Waals surface area contributed by atoms with Crippen LogP contribution in [0.15, 0.2) is 48.5 Å². The Morgan fingerprint density at radius 3 is 2.52 bits per heavy atom. The topological polar surface area (TPSA) is 58.6 Å². The van der Waals surface area contributed by atoms with Crippen LogP contribution in [-0.2, 0) is 9.53 Å². The molecule has 2 aromatic rings. The van der Waals surface area contributed by atoms with Crippen molar-refractivity contribution in [3.8, 4) is 0 Å². The van der Waals surface area contributed by atoms with Gasteiger partial charge in [-0.3, -0.25) is 4.79 Å². The Morgan fingerprint density at radius 1 is 1.17 bits per heavy atom. The van der Waals surface area contributed by atoms with Crippen LogP contribution in [0.1, 0.15) is 10.4 Å². The number of methoxy groups -OCH3 is 1. The summed E-state index contributed by atoms with van der Waals surface area (Å²) in [7, 11) is 3.00. The summed E-state index contributed by atoms with van der Waals surface area (Å²) in [4.78, 5) is 25.4. The lowest BCUT2D eigenvalue weighted by molar-refractivity contribution is -0.116. The highest BCUT2D eigenvalue weighted by molar-refractivity contribution is 6.33. The zero-order chi connectivity index (χ0) is 16.8. The number of benzene rings is 2. The van der Waals surface area contributed by atoms with E-state index in [4.69, 9.17) is 11.6 Å². The Labute approximate surface area is 139 Å². The van der Waals surface area contributed by atoms with Gasteiger partial charge in [-0.2, -0.15) is 0 Å². The van der Waals surface area contributed by atoms with E-state index in [2.05, 4.69) is 10.1 Å².